The minimum absolute atomic E-state index is 0.0464. The molecule has 0 saturated carbocycles. The summed E-state index contributed by atoms with van der Waals surface area (Å²) in [4.78, 5) is 15.5. The quantitative estimate of drug-likeness (QED) is 0.577. The molecule has 0 radical (unpaired) electrons. The molecule has 1 amide bonds. The number of benzene rings is 1. The number of rotatable bonds is 5. The molecule has 0 bridgehead atoms. The molecule has 1 aromatic heterocycles. The van der Waals surface area contributed by atoms with Crippen molar-refractivity contribution in [3.63, 3.8) is 0 Å². The largest absolute Gasteiger partial charge is 0.493 e. The number of hydrogen-bond donors (Lipinski definition) is 0. The van der Waals surface area contributed by atoms with Crippen LogP contribution in [0.25, 0.3) is 0 Å². The van der Waals surface area contributed by atoms with Gasteiger partial charge in [-0.1, -0.05) is 0 Å². The Morgan fingerprint density at radius 1 is 1.27 bits per heavy atom. The van der Waals surface area contributed by atoms with Crippen LogP contribution >= 0.6 is 49.9 Å². The molecule has 118 valence electrons. The Morgan fingerprint density at radius 3 is 2.45 bits per heavy atom. The number of methoxy groups -OCH3 is 2. The first-order chi connectivity index (χ1) is 10.5. The number of carbonyl (C=O) groups is 1. The maximum absolute atomic E-state index is 12.7. The zero-order valence-corrected chi connectivity index (χ0v) is 16.9. The van der Waals surface area contributed by atoms with E-state index in [1.165, 1.54) is 0 Å². The predicted octanol–water partition coefficient (Wildman–Crippen LogP) is 4.40. The first kappa shape index (κ1) is 17.6. The van der Waals surface area contributed by atoms with Crippen LogP contribution in [0.5, 0.6) is 11.5 Å². The standard InChI is InChI=1S/C15H15BrINO3S/c1-18(8-9-4-5-14(16)22-9)15(19)10-6-12(20-2)13(21-3)7-11(10)17/h4-7H,8H2,1-3H3. The van der Waals surface area contributed by atoms with Gasteiger partial charge >= 0.3 is 0 Å². The second kappa shape index (κ2) is 7.65. The highest BCUT2D eigenvalue weighted by Crippen LogP contribution is 2.32. The number of halogens is 2. The topological polar surface area (TPSA) is 38.8 Å². The molecule has 2 aromatic rings. The highest BCUT2D eigenvalue weighted by molar-refractivity contribution is 14.1. The zero-order valence-electron chi connectivity index (χ0n) is 12.4. The fraction of sp³-hybridized carbons (Fsp3) is 0.267. The molecule has 0 spiro atoms. The fourth-order valence-corrected chi connectivity index (χ4v) is 4.17. The van der Waals surface area contributed by atoms with Crippen molar-refractivity contribution in [3.05, 3.63) is 42.1 Å². The van der Waals surface area contributed by atoms with Gasteiger partial charge in [-0.2, -0.15) is 0 Å². The van der Waals surface area contributed by atoms with Crippen molar-refractivity contribution in [1.29, 1.82) is 0 Å². The second-order valence-electron chi connectivity index (χ2n) is 4.55. The summed E-state index contributed by atoms with van der Waals surface area (Å²) in [6, 6.07) is 7.53. The van der Waals surface area contributed by atoms with Gasteiger partial charge in [0.15, 0.2) is 11.5 Å². The van der Waals surface area contributed by atoms with Crippen LogP contribution < -0.4 is 9.47 Å². The van der Waals surface area contributed by atoms with Crippen LogP contribution in [0.15, 0.2) is 28.1 Å². The average molecular weight is 496 g/mol. The number of amides is 1. The molecule has 0 unspecified atom stereocenters. The van der Waals surface area contributed by atoms with Gasteiger partial charge in [-0.05, 0) is 62.8 Å². The molecule has 0 aliphatic rings. The Hall–Kier alpha value is -0.800. The lowest BCUT2D eigenvalue weighted by molar-refractivity contribution is 0.0785. The van der Waals surface area contributed by atoms with E-state index in [0.29, 0.717) is 23.6 Å². The Morgan fingerprint density at radius 2 is 1.91 bits per heavy atom. The minimum Gasteiger partial charge on any atom is -0.493 e. The third kappa shape index (κ3) is 3.94. The average Bonchev–Trinajstić information content (AvgIpc) is 2.91. The van der Waals surface area contributed by atoms with Gasteiger partial charge in [0.25, 0.3) is 5.91 Å². The first-order valence-electron chi connectivity index (χ1n) is 6.37. The van der Waals surface area contributed by atoms with Crippen molar-refractivity contribution in [1.82, 2.24) is 4.90 Å². The lowest BCUT2D eigenvalue weighted by atomic mass is 10.1. The van der Waals surface area contributed by atoms with Crippen molar-refractivity contribution in [2.24, 2.45) is 0 Å². The summed E-state index contributed by atoms with van der Waals surface area (Å²) in [5, 5.41) is 0. The van der Waals surface area contributed by atoms with E-state index in [4.69, 9.17) is 9.47 Å². The molecule has 22 heavy (non-hydrogen) atoms. The lowest BCUT2D eigenvalue weighted by Crippen LogP contribution is -2.26. The van der Waals surface area contributed by atoms with Crippen molar-refractivity contribution in [2.45, 2.75) is 6.54 Å². The molecule has 0 N–H and O–H groups in total. The van der Waals surface area contributed by atoms with Crippen LogP contribution in [-0.2, 0) is 6.54 Å². The van der Waals surface area contributed by atoms with Gasteiger partial charge in [-0.25, -0.2) is 0 Å². The van der Waals surface area contributed by atoms with Gasteiger partial charge in [0.2, 0.25) is 0 Å². The summed E-state index contributed by atoms with van der Waals surface area (Å²) >= 11 is 7.19. The third-order valence-electron chi connectivity index (χ3n) is 3.07. The Kier molecular flexibility index (Phi) is 6.10. The smallest absolute Gasteiger partial charge is 0.255 e. The SMILES string of the molecule is COc1cc(I)c(C(=O)N(C)Cc2ccc(Br)s2)cc1OC. The van der Waals surface area contributed by atoms with Crippen molar-refractivity contribution >= 4 is 55.8 Å². The van der Waals surface area contributed by atoms with Gasteiger partial charge < -0.3 is 14.4 Å². The molecule has 0 aliphatic carbocycles. The molecule has 1 aromatic carbocycles. The van der Waals surface area contributed by atoms with E-state index >= 15 is 0 Å². The number of carbonyl (C=O) groups excluding carboxylic acids is 1. The molecule has 0 atom stereocenters. The molecule has 0 fully saturated rings. The van der Waals surface area contributed by atoms with Crippen LogP contribution in [0.2, 0.25) is 0 Å². The van der Waals surface area contributed by atoms with Gasteiger partial charge in [-0.3, -0.25) is 4.79 Å². The molecule has 0 saturated heterocycles. The van der Waals surface area contributed by atoms with Gasteiger partial charge in [-0.15, -0.1) is 11.3 Å². The van der Waals surface area contributed by atoms with E-state index in [9.17, 15) is 4.79 Å². The number of ether oxygens (including phenoxy) is 2. The maximum atomic E-state index is 12.7. The van der Waals surface area contributed by atoms with Crippen LogP contribution in [0, 0.1) is 3.57 Å². The molecule has 4 nitrogen and oxygen atoms in total. The van der Waals surface area contributed by atoms with Crippen LogP contribution in [-0.4, -0.2) is 32.1 Å². The van der Waals surface area contributed by atoms with Crippen LogP contribution in [0.3, 0.4) is 0 Å². The normalized spacial score (nSPS) is 10.4. The Bertz CT molecular complexity index is 689. The van der Waals surface area contributed by atoms with Gasteiger partial charge in [0.1, 0.15) is 0 Å². The van der Waals surface area contributed by atoms with E-state index in [1.807, 2.05) is 18.2 Å². The predicted molar refractivity (Wildman–Crippen MR) is 100 cm³/mol. The number of hydrogen-bond acceptors (Lipinski definition) is 4. The molecule has 2 rings (SSSR count). The minimum atomic E-state index is -0.0464. The second-order valence-corrected chi connectivity index (χ2v) is 8.26. The molecular weight excluding hydrogens is 481 g/mol. The van der Waals surface area contributed by atoms with Crippen molar-refractivity contribution in [2.75, 3.05) is 21.3 Å². The zero-order chi connectivity index (χ0) is 16.3. The van der Waals surface area contributed by atoms with Crippen molar-refractivity contribution < 1.29 is 14.3 Å². The fourth-order valence-electron chi connectivity index (χ4n) is 1.97. The van der Waals surface area contributed by atoms with Crippen LogP contribution in [0.1, 0.15) is 15.2 Å². The van der Waals surface area contributed by atoms with E-state index in [0.717, 1.165) is 12.2 Å². The van der Waals surface area contributed by atoms with E-state index in [1.54, 1.807) is 43.6 Å². The number of thiophene rings is 1. The van der Waals surface area contributed by atoms with E-state index in [2.05, 4.69) is 38.5 Å². The summed E-state index contributed by atoms with van der Waals surface area (Å²) in [7, 11) is 4.94. The number of nitrogens with zero attached hydrogens (tertiary/aromatic N) is 1. The van der Waals surface area contributed by atoms with Gasteiger partial charge in [0, 0.05) is 15.5 Å². The van der Waals surface area contributed by atoms with E-state index < -0.39 is 0 Å². The Balaban J connectivity index is 2.24. The molecule has 7 heteroatoms. The summed E-state index contributed by atoms with van der Waals surface area (Å²) in [5.41, 5.74) is 0.608. The van der Waals surface area contributed by atoms with E-state index in [-0.39, 0.29) is 5.91 Å². The summed E-state index contributed by atoms with van der Waals surface area (Å²) < 4.78 is 12.4. The summed E-state index contributed by atoms with van der Waals surface area (Å²) in [5.74, 6) is 1.13. The molecular formula is C15H15BrINO3S. The summed E-state index contributed by atoms with van der Waals surface area (Å²) in [6.45, 7) is 0.569. The Labute approximate surface area is 155 Å². The first-order valence-corrected chi connectivity index (χ1v) is 9.06. The molecule has 0 aliphatic heterocycles. The van der Waals surface area contributed by atoms with Gasteiger partial charge in [0.05, 0.1) is 30.1 Å². The third-order valence-corrected chi connectivity index (χ3v) is 5.57. The highest BCUT2D eigenvalue weighted by Gasteiger charge is 2.19. The van der Waals surface area contributed by atoms with Crippen LogP contribution in [0.4, 0.5) is 0 Å². The van der Waals surface area contributed by atoms with Crippen molar-refractivity contribution in [3.8, 4) is 11.5 Å². The summed E-state index contributed by atoms with van der Waals surface area (Å²) in [6.07, 6.45) is 0. The highest BCUT2D eigenvalue weighted by atomic mass is 127. The maximum Gasteiger partial charge on any atom is 0.255 e. The molecule has 1 heterocycles. The lowest BCUT2D eigenvalue weighted by Gasteiger charge is -2.18. The monoisotopic (exact) mass is 495 g/mol.